The zero-order valence-electron chi connectivity index (χ0n) is 9.99. The summed E-state index contributed by atoms with van der Waals surface area (Å²) >= 11 is 1.05. The van der Waals surface area contributed by atoms with Gasteiger partial charge in [-0.3, -0.25) is 4.79 Å². The van der Waals surface area contributed by atoms with Crippen LogP contribution in [0.15, 0.2) is 12.1 Å². The third kappa shape index (κ3) is 1.98. The van der Waals surface area contributed by atoms with E-state index in [-0.39, 0.29) is 5.01 Å². The van der Waals surface area contributed by atoms with E-state index < -0.39 is 34.9 Å². The van der Waals surface area contributed by atoms with Gasteiger partial charge < -0.3 is 5.11 Å². The molecule has 1 aliphatic carbocycles. The SMILES string of the molecule is O=C(O)C1CCc2sc(-c3c(F)cc(F)cc3F)nc21. The van der Waals surface area contributed by atoms with Gasteiger partial charge in [0.2, 0.25) is 0 Å². The Hall–Kier alpha value is -1.89. The number of aliphatic carboxylic acids is 1. The van der Waals surface area contributed by atoms with E-state index in [2.05, 4.69) is 4.98 Å². The van der Waals surface area contributed by atoms with Crippen LogP contribution in [0.2, 0.25) is 0 Å². The molecule has 3 rings (SSSR count). The number of halogens is 3. The van der Waals surface area contributed by atoms with E-state index in [0.29, 0.717) is 30.7 Å². The summed E-state index contributed by atoms with van der Waals surface area (Å²) in [5, 5.41) is 9.10. The van der Waals surface area contributed by atoms with Gasteiger partial charge in [-0.05, 0) is 12.8 Å². The highest BCUT2D eigenvalue weighted by Crippen LogP contribution is 2.41. The molecule has 1 aromatic carbocycles. The first-order valence-electron chi connectivity index (χ1n) is 5.84. The average molecular weight is 299 g/mol. The smallest absolute Gasteiger partial charge is 0.312 e. The standard InChI is InChI=1S/C13H8F3NO2S/c14-5-3-7(15)10(8(16)4-5)12-17-11-6(13(18)19)1-2-9(11)20-12/h3-4,6H,1-2H2,(H,18,19). The van der Waals surface area contributed by atoms with Crippen molar-refractivity contribution in [2.45, 2.75) is 18.8 Å². The number of aromatic nitrogens is 1. The van der Waals surface area contributed by atoms with E-state index >= 15 is 0 Å². The van der Waals surface area contributed by atoms with Gasteiger partial charge in [0.05, 0.1) is 11.3 Å². The van der Waals surface area contributed by atoms with Gasteiger partial charge in [0.25, 0.3) is 0 Å². The molecule has 1 aromatic heterocycles. The summed E-state index contributed by atoms with van der Waals surface area (Å²) in [5.41, 5.74) is -0.0458. The summed E-state index contributed by atoms with van der Waals surface area (Å²) in [6, 6.07) is 1.17. The normalized spacial score (nSPS) is 17.2. The van der Waals surface area contributed by atoms with Crippen LogP contribution in [-0.4, -0.2) is 16.1 Å². The van der Waals surface area contributed by atoms with Crippen LogP contribution in [0.25, 0.3) is 10.6 Å². The molecule has 1 atom stereocenters. The summed E-state index contributed by atoms with van der Waals surface area (Å²) in [6.07, 6.45) is 0.965. The minimum absolute atomic E-state index is 0.0518. The van der Waals surface area contributed by atoms with E-state index in [1.54, 1.807) is 0 Å². The monoisotopic (exact) mass is 299 g/mol. The van der Waals surface area contributed by atoms with Crippen LogP contribution in [0.4, 0.5) is 13.2 Å². The molecule has 0 amide bonds. The van der Waals surface area contributed by atoms with Crippen LogP contribution in [0, 0.1) is 17.5 Å². The highest BCUT2D eigenvalue weighted by Gasteiger charge is 2.33. The van der Waals surface area contributed by atoms with Crippen molar-refractivity contribution in [2.24, 2.45) is 0 Å². The number of carboxylic acid groups (broad SMARTS) is 1. The number of thiazole rings is 1. The van der Waals surface area contributed by atoms with Crippen LogP contribution < -0.4 is 0 Å². The minimum Gasteiger partial charge on any atom is -0.481 e. The minimum atomic E-state index is -1.04. The van der Waals surface area contributed by atoms with E-state index in [4.69, 9.17) is 5.11 Å². The Morgan fingerprint density at radius 1 is 1.30 bits per heavy atom. The summed E-state index contributed by atoms with van der Waals surface area (Å²) in [6.45, 7) is 0. The molecule has 1 aliphatic rings. The maximum Gasteiger partial charge on any atom is 0.312 e. The average Bonchev–Trinajstić information content (AvgIpc) is 2.86. The lowest BCUT2D eigenvalue weighted by Crippen LogP contribution is -2.08. The van der Waals surface area contributed by atoms with Gasteiger partial charge in [-0.15, -0.1) is 11.3 Å². The number of carboxylic acids is 1. The molecular weight excluding hydrogens is 291 g/mol. The highest BCUT2D eigenvalue weighted by atomic mass is 32.1. The zero-order chi connectivity index (χ0) is 14.4. The Morgan fingerprint density at radius 2 is 1.95 bits per heavy atom. The van der Waals surface area contributed by atoms with Gasteiger partial charge in [0, 0.05) is 17.0 Å². The van der Waals surface area contributed by atoms with Crippen molar-refractivity contribution in [1.29, 1.82) is 0 Å². The Balaban J connectivity index is 2.10. The van der Waals surface area contributed by atoms with E-state index in [0.717, 1.165) is 16.2 Å². The van der Waals surface area contributed by atoms with Gasteiger partial charge in [-0.1, -0.05) is 0 Å². The molecule has 2 aromatic rings. The lowest BCUT2D eigenvalue weighted by atomic mass is 10.1. The van der Waals surface area contributed by atoms with Crippen molar-refractivity contribution in [2.75, 3.05) is 0 Å². The molecule has 0 aliphatic heterocycles. The molecule has 0 spiro atoms. The fraction of sp³-hybridized carbons (Fsp3) is 0.231. The number of hydrogen-bond acceptors (Lipinski definition) is 3. The zero-order valence-corrected chi connectivity index (χ0v) is 10.8. The lowest BCUT2D eigenvalue weighted by molar-refractivity contribution is -0.138. The Labute approximate surface area is 115 Å². The summed E-state index contributed by atoms with van der Waals surface area (Å²) in [4.78, 5) is 15.8. The van der Waals surface area contributed by atoms with E-state index in [9.17, 15) is 18.0 Å². The van der Waals surface area contributed by atoms with Crippen molar-refractivity contribution < 1.29 is 23.1 Å². The number of hydrogen-bond donors (Lipinski definition) is 1. The molecule has 0 fully saturated rings. The molecule has 0 saturated heterocycles. The molecule has 3 nitrogen and oxygen atoms in total. The highest BCUT2D eigenvalue weighted by molar-refractivity contribution is 7.15. The molecule has 20 heavy (non-hydrogen) atoms. The first kappa shape index (κ1) is 13.1. The molecule has 7 heteroatoms. The van der Waals surface area contributed by atoms with Crippen LogP contribution >= 0.6 is 11.3 Å². The molecular formula is C13H8F3NO2S. The fourth-order valence-electron chi connectivity index (χ4n) is 2.32. The van der Waals surface area contributed by atoms with Crippen molar-refractivity contribution in [3.05, 3.63) is 40.2 Å². The van der Waals surface area contributed by atoms with Crippen molar-refractivity contribution in [1.82, 2.24) is 4.98 Å². The van der Waals surface area contributed by atoms with Gasteiger partial charge in [-0.25, -0.2) is 18.2 Å². The van der Waals surface area contributed by atoms with E-state index in [1.165, 1.54) is 0 Å². The van der Waals surface area contributed by atoms with Crippen molar-refractivity contribution in [3.8, 4) is 10.6 Å². The number of rotatable bonds is 2. The molecule has 1 unspecified atom stereocenters. The third-order valence-electron chi connectivity index (χ3n) is 3.24. The molecule has 1 heterocycles. The molecule has 104 valence electrons. The number of carbonyl (C=O) groups is 1. The Bertz CT molecular complexity index is 691. The number of nitrogens with zero attached hydrogens (tertiary/aromatic N) is 1. The van der Waals surface area contributed by atoms with Crippen LogP contribution in [0.5, 0.6) is 0 Å². The topological polar surface area (TPSA) is 50.2 Å². The van der Waals surface area contributed by atoms with E-state index in [1.807, 2.05) is 0 Å². The summed E-state index contributed by atoms with van der Waals surface area (Å²) in [7, 11) is 0. The number of fused-ring (bicyclic) bond motifs is 1. The van der Waals surface area contributed by atoms with Crippen molar-refractivity contribution >= 4 is 17.3 Å². The molecule has 0 bridgehead atoms. The van der Waals surface area contributed by atoms with Gasteiger partial charge >= 0.3 is 5.97 Å². The van der Waals surface area contributed by atoms with Crippen LogP contribution in [-0.2, 0) is 11.2 Å². The number of benzene rings is 1. The summed E-state index contributed by atoms with van der Waals surface area (Å²) < 4.78 is 40.3. The number of aryl methyl sites for hydroxylation is 1. The first-order valence-corrected chi connectivity index (χ1v) is 6.66. The van der Waals surface area contributed by atoms with Crippen LogP contribution in [0.1, 0.15) is 22.9 Å². The Kier molecular flexibility index (Phi) is 3.01. The predicted octanol–water partition coefficient (Wildman–Crippen LogP) is 3.34. The second-order valence-electron chi connectivity index (χ2n) is 4.50. The van der Waals surface area contributed by atoms with Gasteiger partial charge in [0.15, 0.2) is 0 Å². The van der Waals surface area contributed by atoms with Crippen molar-refractivity contribution in [3.63, 3.8) is 0 Å². The molecule has 1 N–H and O–H groups in total. The summed E-state index contributed by atoms with van der Waals surface area (Å²) in [5.74, 6) is -4.82. The fourth-order valence-corrected chi connectivity index (χ4v) is 3.51. The quantitative estimate of drug-likeness (QED) is 0.925. The first-order chi connectivity index (χ1) is 9.47. The maximum absolute atomic E-state index is 13.7. The molecule has 0 radical (unpaired) electrons. The second-order valence-corrected chi connectivity index (χ2v) is 5.58. The predicted molar refractivity (Wildman–Crippen MR) is 66.1 cm³/mol. The largest absolute Gasteiger partial charge is 0.481 e. The third-order valence-corrected chi connectivity index (χ3v) is 4.38. The molecule has 0 saturated carbocycles. The van der Waals surface area contributed by atoms with Gasteiger partial charge in [-0.2, -0.15) is 0 Å². The Morgan fingerprint density at radius 3 is 2.55 bits per heavy atom. The van der Waals surface area contributed by atoms with Crippen LogP contribution in [0.3, 0.4) is 0 Å². The lowest BCUT2D eigenvalue weighted by Gasteiger charge is -2.03. The second kappa shape index (κ2) is 4.59. The maximum atomic E-state index is 13.7. The van der Waals surface area contributed by atoms with Gasteiger partial charge in [0.1, 0.15) is 28.4 Å².